The monoisotopic (exact) mass is 492 g/mol. The molecule has 0 fully saturated rings. The first-order valence-electron chi connectivity index (χ1n) is 10.9. The van der Waals surface area contributed by atoms with Crippen molar-refractivity contribution in [3.05, 3.63) is 84.1 Å². The minimum atomic E-state index is -0.678. The molecule has 5 rings (SSSR count). The Morgan fingerprint density at radius 3 is 2.66 bits per heavy atom. The van der Waals surface area contributed by atoms with Crippen molar-refractivity contribution in [2.45, 2.75) is 24.1 Å². The number of methoxy groups -OCH3 is 1. The summed E-state index contributed by atoms with van der Waals surface area (Å²) in [5.74, 6) is 0.296. The number of hydrogen-bond donors (Lipinski definition) is 1. The van der Waals surface area contributed by atoms with E-state index in [4.69, 9.17) is 14.3 Å². The van der Waals surface area contributed by atoms with Gasteiger partial charge in [0.2, 0.25) is 5.91 Å². The van der Waals surface area contributed by atoms with E-state index in [1.54, 1.807) is 24.4 Å². The standard InChI is InChI=1S/C25H21FN4O4S/c1-33-18-10-4-15(5-11-18)19-13-20(21-3-2-12-34-21)30(29-19)25-28-24(32)22(35-25)14-23(31)27-17-8-6-16(26)7-9-17/h2-12,20,22H,13-14H2,1H3,(H,27,31)/t20-,22-/m1/s1. The summed E-state index contributed by atoms with van der Waals surface area (Å²) in [4.78, 5) is 29.3. The van der Waals surface area contributed by atoms with Crippen LogP contribution in [0, 0.1) is 5.82 Å². The molecule has 0 aliphatic carbocycles. The fourth-order valence-electron chi connectivity index (χ4n) is 3.87. The summed E-state index contributed by atoms with van der Waals surface area (Å²) in [7, 11) is 1.61. The van der Waals surface area contributed by atoms with Crippen molar-refractivity contribution in [3.8, 4) is 5.75 Å². The molecule has 2 aromatic carbocycles. The molecule has 0 unspecified atom stereocenters. The molecule has 0 radical (unpaired) electrons. The molecule has 2 aliphatic rings. The molecule has 3 heterocycles. The lowest BCUT2D eigenvalue weighted by molar-refractivity contribution is -0.121. The number of carbonyl (C=O) groups is 2. The minimum absolute atomic E-state index is 0.0673. The third-order valence-electron chi connectivity index (χ3n) is 5.63. The van der Waals surface area contributed by atoms with Gasteiger partial charge >= 0.3 is 0 Å². The molecule has 0 spiro atoms. The van der Waals surface area contributed by atoms with Crippen LogP contribution in [0.2, 0.25) is 0 Å². The van der Waals surface area contributed by atoms with Crippen molar-refractivity contribution >= 4 is 40.1 Å². The molecular formula is C25H21FN4O4S. The van der Waals surface area contributed by atoms with Crippen LogP contribution in [0.4, 0.5) is 10.1 Å². The molecular weight excluding hydrogens is 471 g/mol. The average molecular weight is 493 g/mol. The Hall–Kier alpha value is -3.92. The third kappa shape index (κ3) is 4.97. The van der Waals surface area contributed by atoms with Crippen molar-refractivity contribution in [3.63, 3.8) is 0 Å². The Balaban J connectivity index is 1.32. The van der Waals surface area contributed by atoms with E-state index in [1.807, 2.05) is 30.3 Å². The van der Waals surface area contributed by atoms with Gasteiger partial charge in [-0.2, -0.15) is 10.1 Å². The number of amides is 2. The number of nitrogens with one attached hydrogen (secondary N) is 1. The molecule has 35 heavy (non-hydrogen) atoms. The number of nitrogens with zero attached hydrogens (tertiary/aromatic N) is 3. The van der Waals surface area contributed by atoms with Crippen LogP contribution in [0.25, 0.3) is 0 Å². The number of carbonyl (C=O) groups excluding carboxylic acids is 2. The highest BCUT2D eigenvalue weighted by Crippen LogP contribution is 2.38. The molecule has 2 aliphatic heterocycles. The molecule has 1 aromatic heterocycles. The average Bonchev–Trinajstić information content (AvgIpc) is 3.61. The number of amidine groups is 1. The number of aliphatic imine (C=N–C) groups is 1. The summed E-state index contributed by atoms with van der Waals surface area (Å²) in [6.07, 6.45) is 2.09. The maximum atomic E-state index is 13.1. The summed E-state index contributed by atoms with van der Waals surface area (Å²) in [6.45, 7) is 0. The molecule has 178 valence electrons. The summed E-state index contributed by atoms with van der Waals surface area (Å²) in [5.41, 5.74) is 2.21. The van der Waals surface area contributed by atoms with Gasteiger partial charge in [0.25, 0.3) is 5.91 Å². The van der Waals surface area contributed by atoms with Gasteiger partial charge in [0.05, 0.1) is 19.1 Å². The van der Waals surface area contributed by atoms with Crippen molar-refractivity contribution in [1.29, 1.82) is 0 Å². The van der Waals surface area contributed by atoms with E-state index in [0.717, 1.165) is 17.0 Å². The van der Waals surface area contributed by atoms with Crippen molar-refractivity contribution in [2.24, 2.45) is 10.1 Å². The molecule has 1 N–H and O–H groups in total. The number of ether oxygens (including phenoxy) is 1. The topological polar surface area (TPSA) is 96.5 Å². The lowest BCUT2D eigenvalue weighted by atomic mass is 10.0. The Morgan fingerprint density at radius 1 is 1.20 bits per heavy atom. The second kappa shape index (κ2) is 9.75. The van der Waals surface area contributed by atoms with E-state index in [9.17, 15) is 14.0 Å². The van der Waals surface area contributed by atoms with Gasteiger partial charge in [-0.05, 0) is 66.2 Å². The van der Waals surface area contributed by atoms with E-state index in [1.165, 1.54) is 36.0 Å². The van der Waals surface area contributed by atoms with E-state index in [0.29, 0.717) is 23.0 Å². The van der Waals surface area contributed by atoms with E-state index < -0.39 is 17.0 Å². The van der Waals surface area contributed by atoms with Crippen LogP contribution in [-0.2, 0) is 9.59 Å². The van der Waals surface area contributed by atoms with Crippen LogP contribution in [0.15, 0.2) is 81.4 Å². The first-order chi connectivity index (χ1) is 17.0. The van der Waals surface area contributed by atoms with Gasteiger partial charge in [-0.3, -0.25) is 9.59 Å². The highest BCUT2D eigenvalue weighted by atomic mass is 32.2. The Kier molecular flexibility index (Phi) is 6.37. The van der Waals surface area contributed by atoms with Crippen molar-refractivity contribution in [2.75, 3.05) is 12.4 Å². The van der Waals surface area contributed by atoms with Gasteiger partial charge in [-0.15, -0.1) is 0 Å². The minimum Gasteiger partial charge on any atom is -0.497 e. The quantitative estimate of drug-likeness (QED) is 0.540. The molecule has 2 atom stereocenters. The fraction of sp³-hybridized carbons (Fsp3) is 0.200. The second-order valence-electron chi connectivity index (χ2n) is 7.95. The highest BCUT2D eigenvalue weighted by molar-refractivity contribution is 8.15. The van der Waals surface area contributed by atoms with Crippen molar-refractivity contribution in [1.82, 2.24) is 5.01 Å². The van der Waals surface area contributed by atoms with Crippen LogP contribution in [0.1, 0.15) is 30.2 Å². The predicted octanol–water partition coefficient (Wildman–Crippen LogP) is 4.61. The van der Waals surface area contributed by atoms with E-state index in [-0.39, 0.29) is 18.4 Å². The first-order valence-corrected chi connectivity index (χ1v) is 11.8. The molecule has 8 nitrogen and oxygen atoms in total. The third-order valence-corrected chi connectivity index (χ3v) is 6.77. The Bertz CT molecular complexity index is 1290. The number of thioether (sulfide) groups is 1. The lowest BCUT2D eigenvalue weighted by Crippen LogP contribution is -2.24. The summed E-state index contributed by atoms with van der Waals surface area (Å²) in [5, 5.41) is 8.88. The number of hydrazone groups is 1. The van der Waals surface area contributed by atoms with Crippen LogP contribution >= 0.6 is 11.8 Å². The molecule has 0 bridgehead atoms. The normalized spacial score (nSPS) is 19.5. The van der Waals surface area contributed by atoms with E-state index in [2.05, 4.69) is 10.3 Å². The number of rotatable bonds is 6. The number of furan rings is 1. The zero-order valence-electron chi connectivity index (χ0n) is 18.7. The van der Waals surface area contributed by atoms with Crippen LogP contribution in [0.5, 0.6) is 5.75 Å². The van der Waals surface area contributed by atoms with Crippen LogP contribution in [0.3, 0.4) is 0 Å². The van der Waals surface area contributed by atoms with Gasteiger partial charge in [0.1, 0.15) is 28.6 Å². The van der Waals surface area contributed by atoms with E-state index >= 15 is 0 Å². The van der Waals surface area contributed by atoms with Crippen molar-refractivity contribution < 1.29 is 23.1 Å². The molecule has 2 amide bonds. The number of benzene rings is 2. The maximum Gasteiger partial charge on any atom is 0.262 e. The van der Waals surface area contributed by atoms with Gasteiger partial charge in [-0.1, -0.05) is 11.8 Å². The predicted molar refractivity (Wildman–Crippen MR) is 131 cm³/mol. The zero-order valence-corrected chi connectivity index (χ0v) is 19.5. The summed E-state index contributed by atoms with van der Waals surface area (Å²) in [6, 6.07) is 16.4. The number of hydrogen-bond acceptors (Lipinski definition) is 7. The SMILES string of the molecule is COc1ccc(C2=NN(C3=NC(=O)[C@@H](CC(=O)Nc4ccc(F)cc4)S3)[C@@H](c3ccco3)C2)cc1. The van der Waals surface area contributed by atoms with Gasteiger partial charge < -0.3 is 14.5 Å². The van der Waals surface area contributed by atoms with Gasteiger partial charge in [-0.25, -0.2) is 9.40 Å². The lowest BCUT2D eigenvalue weighted by Gasteiger charge is -2.20. The van der Waals surface area contributed by atoms with Crippen LogP contribution < -0.4 is 10.1 Å². The van der Waals surface area contributed by atoms with Gasteiger partial charge in [0.15, 0.2) is 5.17 Å². The van der Waals surface area contributed by atoms with Crippen LogP contribution in [-0.4, -0.2) is 40.1 Å². The fourth-order valence-corrected chi connectivity index (χ4v) is 4.93. The molecule has 0 saturated carbocycles. The summed E-state index contributed by atoms with van der Waals surface area (Å²) < 4.78 is 24.0. The number of anilines is 1. The second-order valence-corrected chi connectivity index (χ2v) is 9.12. The smallest absolute Gasteiger partial charge is 0.262 e. The Morgan fingerprint density at radius 2 is 1.97 bits per heavy atom. The molecule has 3 aromatic rings. The number of halogens is 1. The zero-order chi connectivity index (χ0) is 24.4. The first kappa shape index (κ1) is 22.9. The highest BCUT2D eigenvalue weighted by Gasteiger charge is 2.40. The van der Waals surface area contributed by atoms with Gasteiger partial charge in [0, 0.05) is 18.5 Å². The molecule has 10 heteroatoms. The summed E-state index contributed by atoms with van der Waals surface area (Å²) >= 11 is 1.20. The maximum absolute atomic E-state index is 13.1. The largest absolute Gasteiger partial charge is 0.497 e. The Labute approximate surface area is 204 Å². The molecule has 0 saturated heterocycles.